The molecule has 0 fully saturated rings. The number of rotatable bonds is 12. The van der Waals surface area contributed by atoms with Gasteiger partial charge in [0.1, 0.15) is 34.6 Å². The van der Waals surface area contributed by atoms with Crippen LogP contribution < -0.4 is 19.3 Å². The fourth-order valence-electron chi connectivity index (χ4n) is 7.78. The lowest BCUT2D eigenvalue weighted by atomic mass is 9.99. The van der Waals surface area contributed by atoms with Crippen molar-refractivity contribution < 1.29 is 61.9 Å². The first-order valence-corrected chi connectivity index (χ1v) is 20.2. The van der Waals surface area contributed by atoms with Crippen LogP contribution in [0.25, 0.3) is 21.5 Å². The van der Waals surface area contributed by atoms with E-state index >= 15 is 0 Å². The second-order valence-electron chi connectivity index (χ2n) is 14.3. The van der Waals surface area contributed by atoms with Crippen molar-refractivity contribution in [3.63, 3.8) is 0 Å². The Bertz CT molecular complexity index is 2840. The van der Waals surface area contributed by atoms with Crippen LogP contribution in [-0.4, -0.2) is 66.3 Å². The highest BCUT2D eigenvalue weighted by Gasteiger charge is 2.44. The van der Waals surface area contributed by atoms with Gasteiger partial charge in [-0.05, 0) is 63.1 Å². The number of hydrogen-bond donors (Lipinski definition) is 2. The zero-order valence-corrected chi connectivity index (χ0v) is 34.8. The summed E-state index contributed by atoms with van der Waals surface area (Å²) in [6.45, 7) is 7.94. The minimum Gasteiger partial charge on any atom is -0.507 e. The lowest BCUT2D eigenvalue weighted by Crippen LogP contribution is -2.30. The Morgan fingerprint density at radius 2 is 1.03 bits per heavy atom. The molecule has 0 unspecified atom stereocenters. The van der Waals surface area contributed by atoms with E-state index in [1.165, 1.54) is 29.2 Å². The number of nitrogens with zero attached hydrogens (tertiary/aromatic N) is 2. The van der Waals surface area contributed by atoms with Gasteiger partial charge in [0.15, 0.2) is 0 Å². The van der Waals surface area contributed by atoms with E-state index in [0.29, 0.717) is 55.5 Å². The van der Waals surface area contributed by atoms with Crippen LogP contribution in [0.5, 0.6) is 23.0 Å². The van der Waals surface area contributed by atoms with Crippen molar-refractivity contribution in [2.45, 2.75) is 47.1 Å². The zero-order chi connectivity index (χ0) is 45.1. The first kappa shape index (κ1) is 43.5. The molecule has 2 aliphatic heterocycles. The number of ether oxygens (including phenoxy) is 4. The van der Waals surface area contributed by atoms with Crippen molar-refractivity contribution in [2.75, 3.05) is 36.2 Å². The Balaban J connectivity index is 0.000000189. The van der Waals surface area contributed by atoms with E-state index in [1.54, 1.807) is 75.4 Å². The summed E-state index contributed by atoms with van der Waals surface area (Å²) in [7, 11) is 0. The number of aromatic hydroxyl groups is 2. The fraction of sp³-hybridized carbons (Fsp3) is 0.229. The second-order valence-corrected chi connectivity index (χ2v) is 14.3. The average molecular weight is 861 g/mol. The van der Waals surface area contributed by atoms with Crippen LogP contribution in [0.3, 0.4) is 0 Å². The average Bonchev–Trinajstić information content (AvgIpc) is 3.73. The summed E-state index contributed by atoms with van der Waals surface area (Å²) < 4.78 is 51.1. The molecule has 0 spiro atoms. The maximum atomic E-state index is 14.9. The molecule has 0 bridgehead atoms. The molecule has 0 aliphatic carbocycles. The largest absolute Gasteiger partial charge is 0.507 e. The Morgan fingerprint density at radius 1 is 0.571 bits per heavy atom. The number of hydrogen-bond acceptors (Lipinski definition) is 11. The van der Waals surface area contributed by atoms with Crippen molar-refractivity contribution >= 4 is 62.6 Å². The predicted molar refractivity (Wildman–Crippen MR) is 229 cm³/mol. The summed E-state index contributed by atoms with van der Waals surface area (Å²) in [5.41, 5.74) is 0.886. The highest BCUT2D eigenvalue weighted by atomic mass is 19.1. The van der Waals surface area contributed by atoms with Crippen LogP contribution in [0, 0.1) is 11.6 Å². The third kappa shape index (κ3) is 8.05. The van der Waals surface area contributed by atoms with Crippen LogP contribution in [0.4, 0.5) is 20.2 Å². The van der Waals surface area contributed by atoms with E-state index in [4.69, 9.17) is 18.9 Å². The molecule has 15 heteroatoms. The number of fused-ring (bicyclic) bond motifs is 4. The normalized spacial score (nSPS) is 12.9. The van der Waals surface area contributed by atoms with Crippen molar-refractivity contribution in [1.29, 1.82) is 0 Å². The number of esters is 2. The number of imide groups is 1. The lowest BCUT2D eigenvalue weighted by molar-refractivity contribution is -0.143. The van der Waals surface area contributed by atoms with Crippen LogP contribution in [0.2, 0.25) is 0 Å². The van der Waals surface area contributed by atoms with Crippen molar-refractivity contribution in [1.82, 2.24) is 0 Å². The molecule has 6 aromatic rings. The molecule has 3 amide bonds. The van der Waals surface area contributed by atoms with Gasteiger partial charge in [-0.15, -0.1) is 0 Å². The molecule has 63 heavy (non-hydrogen) atoms. The van der Waals surface area contributed by atoms with E-state index in [-0.39, 0.29) is 84.5 Å². The Labute approximate surface area is 360 Å². The number of carbonyl (C=O) groups excluding carboxylic acids is 5. The second kappa shape index (κ2) is 18.2. The quantitative estimate of drug-likeness (QED) is 0.0896. The Morgan fingerprint density at radius 3 is 1.52 bits per heavy atom. The molecular formula is C48H42F2N2O11. The molecule has 0 atom stereocenters. The Hall–Kier alpha value is -7.55. The van der Waals surface area contributed by atoms with Gasteiger partial charge in [-0.2, -0.15) is 0 Å². The number of halogens is 2. The summed E-state index contributed by atoms with van der Waals surface area (Å²) in [5.74, 6) is -4.38. The van der Waals surface area contributed by atoms with Gasteiger partial charge in [0.2, 0.25) is 0 Å². The number of amides is 3. The molecule has 2 heterocycles. The van der Waals surface area contributed by atoms with Gasteiger partial charge in [0.05, 0.1) is 73.9 Å². The fourth-order valence-corrected chi connectivity index (χ4v) is 7.78. The van der Waals surface area contributed by atoms with E-state index in [2.05, 4.69) is 0 Å². The standard InChI is InChI=1S/C24H20FNO6.C24H22FNO5/c1-3-31-18(27)12-13-9-10-17(16(25)11-13)26-23(29)19-20(24(26)30)22(32-4-2)15-8-6-5-7-14(15)21(19)28;1-3-30-20(27)12-14-9-10-19(18(25)11-14)26-13-17-21(24(26)29)23(31-4-2)16-8-6-5-7-15(16)22(17)28/h5-11,28H,3-4,12H2,1-2H3;5-11,28H,3-4,12-13H2,1-2H3. The van der Waals surface area contributed by atoms with Crippen molar-refractivity contribution in [2.24, 2.45) is 0 Å². The highest BCUT2D eigenvalue weighted by molar-refractivity contribution is 6.38. The minimum atomic E-state index is -0.858. The summed E-state index contributed by atoms with van der Waals surface area (Å²) in [6, 6.07) is 21.9. The maximum absolute atomic E-state index is 14.9. The van der Waals surface area contributed by atoms with Gasteiger partial charge < -0.3 is 34.1 Å². The summed E-state index contributed by atoms with van der Waals surface area (Å²) in [4.78, 5) is 65.0. The van der Waals surface area contributed by atoms with Gasteiger partial charge >= 0.3 is 11.9 Å². The third-order valence-corrected chi connectivity index (χ3v) is 10.4. The van der Waals surface area contributed by atoms with E-state index in [9.17, 15) is 43.0 Å². The van der Waals surface area contributed by atoms with E-state index in [1.807, 2.05) is 6.92 Å². The maximum Gasteiger partial charge on any atom is 0.310 e. The number of anilines is 2. The molecule has 8 rings (SSSR count). The van der Waals surface area contributed by atoms with Gasteiger partial charge in [-0.25, -0.2) is 13.7 Å². The van der Waals surface area contributed by atoms with Crippen LogP contribution in [0.15, 0.2) is 84.9 Å². The molecule has 0 saturated carbocycles. The predicted octanol–water partition coefficient (Wildman–Crippen LogP) is 8.34. The zero-order valence-electron chi connectivity index (χ0n) is 34.8. The van der Waals surface area contributed by atoms with Crippen LogP contribution >= 0.6 is 0 Å². The SMILES string of the molecule is CCOC(=O)Cc1ccc(N2C(=O)c3c(c(OCC)c4ccccc4c3O)C2=O)c(F)c1.CCOC(=O)Cc1ccc(N2Cc3c(c(OCC)c4ccccc4c3O)C2=O)c(F)c1. The summed E-state index contributed by atoms with van der Waals surface area (Å²) in [5, 5.41) is 23.6. The topological polar surface area (TPSA) is 169 Å². The third-order valence-electron chi connectivity index (χ3n) is 10.4. The molecule has 0 saturated heterocycles. The minimum absolute atomic E-state index is 0.00996. The van der Waals surface area contributed by atoms with Gasteiger partial charge in [0.25, 0.3) is 17.7 Å². The van der Waals surface area contributed by atoms with Gasteiger partial charge in [-0.3, -0.25) is 24.0 Å². The molecular weight excluding hydrogens is 819 g/mol. The van der Waals surface area contributed by atoms with E-state index < -0.39 is 41.3 Å². The van der Waals surface area contributed by atoms with E-state index in [0.717, 1.165) is 6.07 Å². The molecule has 2 aliphatic rings. The Kier molecular flexibility index (Phi) is 12.6. The number of phenols is 2. The molecule has 6 aromatic carbocycles. The molecule has 0 radical (unpaired) electrons. The first-order chi connectivity index (χ1) is 30.3. The number of benzene rings is 6. The number of phenolic OH excluding ortho intramolecular Hbond substituents is 2. The first-order valence-electron chi connectivity index (χ1n) is 20.2. The highest BCUT2D eigenvalue weighted by Crippen LogP contribution is 2.47. The number of carbonyl (C=O) groups is 5. The van der Waals surface area contributed by atoms with Crippen LogP contribution in [-0.2, 0) is 38.4 Å². The van der Waals surface area contributed by atoms with Gasteiger partial charge in [0, 0.05) is 27.1 Å². The lowest BCUT2D eigenvalue weighted by Gasteiger charge is -2.17. The smallest absolute Gasteiger partial charge is 0.310 e. The molecule has 0 aromatic heterocycles. The van der Waals surface area contributed by atoms with Crippen molar-refractivity contribution in [3.05, 3.63) is 130 Å². The molecule has 2 N–H and O–H groups in total. The summed E-state index contributed by atoms with van der Waals surface area (Å²) >= 11 is 0. The van der Waals surface area contributed by atoms with Gasteiger partial charge in [-0.1, -0.05) is 60.7 Å². The molecule has 13 nitrogen and oxygen atoms in total. The van der Waals surface area contributed by atoms with Crippen LogP contribution in [0.1, 0.15) is 75.5 Å². The molecule has 324 valence electrons. The monoisotopic (exact) mass is 860 g/mol. The van der Waals surface area contributed by atoms with Crippen molar-refractivity contribution in [3.8, 4) is 23.0 Å². The summed E-state index contributed by atoms with van der Waals surface area (Å²) in [6.07, 6.45) is -0.201.